The van der Waals surface area contributed by atoms with Crippen LogP contribution in [0, 0.1) is 5.92 Å². The van der Waals surface area contributed by atoms with Crippen LogP contribution < -0.4 is 5.32 Å². The molecule has 1 aliphatic carbocycles. The Labute approximate surface area is 220 Å². The third kappa shape index (κ3) is 6.71. The molecule has 1 amide bonds. The summed E-state index contributed by atoms with van der Waals surface area (Å²) in [6, 6.07) is 24.2. The molecule has 0 spiro atoms. The first-order valence-electron chi connectivity index (χ1n) is 12.1. The zero-order chi connectivity index (χ0) is 26.2. The molecule has 0 saturated carbocycles. The molecule has 2 N–H and O–H groups in total. The molecule has 192 valence electrons. The van der Waals surface area contributed by atoms with Gasteiger partial charge in [0.2, 0.25) is 0 Å². The van der Waals surface area contributed by atoms with Crippen LogP contribution in [0.1, 0.15) is 29.5 Å². The molecule has 0 aliphatic heterocycles. The maximum atomic E-state index is 12.5. The van der Waals surface area contributed by atoms with Crippen molar-refractivity contribution in [1.82, 2.24) is 5.32 Å². The molecule has 2 unspecified atom stereocenters. The number of aliphatic carboxylic acids is 1. The number of esters is 1. The maximum Gasteiger partial charge on any atom is 0.407 e. The number of carboxylic acid groups (broad SMARTS) is 1. The van der Waals surface area contributed by atoms with Gasteiger partial charge in [-0.05, 0) is 27.8 Å². The van der Waals surface area contributed by atoms with E-state index in [-0.39, 0.29) is 30.9 Å². The molecule has 0 heterocycles. The number of carboxylic acids is 1. The highest BCUT2D eigenvalue weighted by molar-refractivity contribution is 7.99. The second-order valence-electron chi connectivity index (χ2n) is 8.89. The SMILES string of the molecule is CC(CSCC(NC(=O)OCC1c2ccccc2-c2ccccc21)C(=O)O)C(=O)OCc1ccccc1. The van der Waals surface area contributed by atoms with Crippen molar-refractivity contribution >= 4 is 29.8 Å². The van der Waals surface area contributed by atoms with Crippen molar-refractivity contribution in [3.8, 4) is 11.1 Å². The fraction of sp³-hybridized carbons (Fsp3) is 0.276. The molecule has 4 rings (SSSR count). The van der Waals surface area contributed by atoms with E-state index in [1.165, 1.54) is 11.8 Å². The third-order valence-electron chi connectivity index (χ3n) is 6.21. The topological polar surface area (TPSA) is 102 Å². The second kappa shape index (κ2) is 12.5. The minimum atomic E-state index is -1.17. The summed E-state index contributed by atoms with van der Waals surface area (Å²) < 4.78 is 10.8. The highest BCUT2D eigenvalue weighted by Crippen LogP contribution is 2.44. The summed E-state index contributed by atoms with van der Waals surface area (Å²) in [5, 5.41) is 12.0. The lowest BCUT2D eigenvalue weighted by atomic mass is 9.98. The van der Waals surface area contributed by atoms with E-state index in [2.05, 4.69) is 5.32 Å². The highest BCUT2D eigenvalue weighted by atomic mass is 32.2. The van der Waals surface area contributed by atoms with E-state index in [0.29, 0.717) is 5.75 Å². The van der Waals surface area contributed by atoms with E-state index in [0.717, 1.165) is 27.8 Å². The van der Waals surface area contributed by atoms with Gasteiger partial charge in [0, 0.05) is 17.4 Å². The highest BCUT2D eigenvalue weighted by Gasteiger charge is 2.30. The Balaban J connectivity index is 1.24. The molecule has 0 bridgehead atoms. The van der Waals surface area contributed by atoms with E-state index in [1.807, 2.05) is 78.9 Å². The Bertz CT molecular complexity index is 1200. The van der Waals surface area contributed by atoms with E-state index in [9.17, 15) is 19.5 Å². The summed E-state index contributed by atoms with van der Waals surface area (Å²) in [4.78, 5) is 36.4. The van der Waals surface area contributed by atoms with Gasteiger partial charge in [-0.3, -0.25) is 4.79 Å². The second-order valence-corrected chi connectivity index (χ2v) is 9.97. The molecule has 0 aromatic heterocycles. The Morgan fingerprint density at radius 2 is 1.46 bits per heavy atom. The van der Waals surface area contributed by atoms with Gasteiger partial charge in [-0.1, -0.05) is 85.8 Å². The summed E-state index contributed by atoms with van der Waals surface area (Å²) in [6.07, 6.45) is -0.787. The molecule has 8 heteroatoms. The molecule has 2 atom stereocenters. The lowest BCUT2D eigenvalue weighted by molar-refractivity contribution is -0.148. The van der Waals surface area contributed by atoms with Crippen LogP contribution in [-0.2, 0) is 25.7 Å². The first kappa shape index (κ1) is 26.3. The number of ether oxygens (including phenoxy) is 2. The quantitative estimate of drug-likeness (QED) is 0.340. The number of hydrogen-bond acceptors (Lipinski definition) is 6. The fourth-order valence-corrected chi connectivity index (χ4v) is 5.35. The summed E-state index contributed by atoms with van der Waals surface area (Å²) in [7, 11) is 0. The standard InChI is InChI=1S/C29H29NO6S/c1-19(28(33)35-15-20-9-3-2-4-10-20)17-37-18-26(27(31)32)30-29(34)36-16-25-23-13-7-5-11-21(23)22-12-6-8-14-24(22)25/h2-14,19,25-26H,15-18H2,1H3,(H,30,34)(H,31,32). The van der Waals surface area contributed by atoms with Gasteiger partial charge in [0.15, 0.2) is 0 Å². The first-order chi connectivity index (χ1) is 17.9. The zero-order valence-electron chi connectivity index (χ0n) is 20.5. The van der Waals surface area contributed by atoms with Crippen molar-refractivity contribution in [3.05, 3.63) is 95.6 Å². The number of carbonyl (C=O) groups is 3. The average Bonchev–Trinajstić information content (AvgIpc) is 3.24. The Morgan fingerprint density at radius 3 is 2.08 bits per heavy atom. The third-order valence-corrected chi connectivity index (χ3v) is 7.52. The van der Waals surface area contributed by atoms with E-state index >= 15 is 0 Å². The molecule has 7 nitrogen and oxygen atoms in total. The number of benzene rings is 3. The number of rotatable bonds is 11. The molecule has 3 aromatic rings. The van der Waals surface area contributed by atoms with Gasteiger partial charge in [0.25, 0.3) is 0 Å². The number of nitrogens with one attached hydrogen (secondary N) is 1. The molecule has 1 aliphatic rings. The van der Waals surface area contributed by atoms with E-state index in [4.69, 9.17) is 9.47 Å². The van der Waals surface area contributed by atoms with Crippen LogP contribution in [0.2, 0.25) is 0 Å². The largest absolute Gasteiger partial charge is 0.480 e. The van der Waals surface area contributed by atoms with E-state index < -0.39 is 24.0 Å². The van der Waals surface area contributed by atoms with Gasteiger partial charge >= 0.3 is 18.0 Å². The average molecular weight is 520 g/mol. The van der Waals surface area contributed by atoms with Gasteiger partial charge in [0.05, 0.1) is 5.92 Å². The van der Waals surface area contributed by atoms with Crippen molar-refractivity contribution in [2.24, 2.45) is 5.92 Å². The van der Waals surface area contributed by atoms with Crippen molar-refractivity contribution in [1.29, 1.82) is 0 Å². The van der Waals surface area contributed by atoms with Crippen LogP contribution in [0.3, 0.4) is 0 Å². The van der Waals surface area contributed by atoms with Crippen molar-refractivity contribution in [2.75, 3.05) is 18.1 Å². The number of thioether (sulfide) groups is 1. The predicted octanol–water partition coefficient (Wildman–Crippen LogP) is 5.09. The molecular weight excluding hydrogens is 490 g/mol. The summed E-state index contributed by atoms with van der Waals surface area (Å²) in [5.41, 5.74) is 5.28. The van der Waals surface area contributed by atoms with Gasteiger partial charge in [-0.2, -0.15) is 11.8 Å². The molecular formula is C29H29NO6S. The molecule has 3 aromatic carbocycles. The summed E-state index contributed by atoms with van der Waals surface area (Å²) >= 11 is 1.26. The minimum absolute atomic E-state index is 0.0931. The smallest absolute Gasteiger partial charge is 0.407 e. The van der Waals surface area contributed by atoms with Crippen LogP contribution in [0.15, 0.2) is 78.9 Å². The first-order valence-corrected chi connectivity index (χ1v) is 13.2. The molecule has 0 fully saturated rings. The maximum absolute atomic E-state index is 12.5. The van der Waals surface area contributed by atoms with Crippen LogP contribution >= 0.6 is 11.8 Å². The normalized spacial score (nSPS) is 13.6. The Morgan fingerprint density at radius 1 is 0.865 bits per heavy atom. The molecule has 37 heavy (non-hydrogen) atoms. The molecule has 0 saturated heterocycles. The van der Waals surface area contributed by atoms with Gasteiger partial charge in [0.1, 0.15) is 19.3 Å². The summed E-state index contributed by atoms with van der Waals surface area (Å²) in [6.45, 7) is 2.02. The number of fused-ring (bicyclic) bond motifs is 3. The number of alkyl carbamates (subject to hydrolysis) is 1. The van der Waals surface area contributed by atoms with Crippen molar-refractivity contribution in [2.45, 2.75) is 25.5 Å². The Hall–Kier alpha value is -3.78. The zero-order valence-corrected chi connectivity index (χ0v) is 21.3. The van der Waals surface area contributed by atoms with Gasteiger partial charge < -0.3 is 19.9 Å². The number of carbonyl (C=O) groups excluding carboxylic acids is 2. The predicted molar refractivity (Wildman–Crippen MR) is 142 cm³/mol. The summed E-state index contributed by atoms with van der Waals surface area (Å²) in [5.74, 6) is -1.59. The van der Waals surface area contributed by atoms with E-state index in [1.54, 1.807) is 6.92 Å². The Kier molecular flexibility index (Phi) is 8.85. The van der Waals surface area contributed by atoms with Crippen LogP contribution in [-0.4, -0.2) is 47.3 Å². The van der Waals surface area contributed by atoms with Gasteiger partial charge in [-0.15, -0.1) is 0 Å². The van der Waals surface area contributed by atoms with Crippen LogP contribution in [0.5, 0.6) is 0 Å². The molecule has 0 radical (unpaired) electrons. The van der Waals surface area contributed by atoms with Crippen LogP contribution in [0.4, 0.5) is 4.79 Å². The van der Waals surface area contributed by atoms with Crippen molar-refractivity contribution in [3.63, 3.8) is 0 Å². The van der Waals surface area contributed by atoms with Crippen molar-refractivity contribution < 1.29 is 29.0 Å². The lowest BCUT2D eigenvalue weighted by Gasteiger charge is -2.18. The van der Waals surface area contributed by atoms with Crippen LogP contribution in [0.25, 0.3) is 11.1 Å². The lowest BCUT2D eigenvalue weighted by Crippen LogP contribution is -2.43. The fourth-order valence-electron chi connectivity index (χ4n) is 4.26. The van der Waals surface area contributed by atoms with Gasteiger partial charge in [-0.25, -0.2) is 9.59 Å². The number of hydrogen-bond donors (Lipinski definition) is 2. The minimum Gasteiger partial charge on any atom is -0.480 e. The monoisotopic (exact) mass is 519 g/mol. The number of amides is 1.